The van der Waals surface area contributed by atoms with E-state index in [9.17, 15) is 4.79 Å². The van der Waals surface area contributed by atoms with Crippen LogP contribution in [0.3, 0.4) is 0 Å². The molecule has 0 unspecified atom stereocenters. The molecule has 1 N–H and O–H groups in total. The molecule has 3 aromatic heterocycles. The van der Waals surface area contributed by atoms with Crippen molar-refractivity contribution in [3.63, 3.8) is 0 Å². The molecule has 0 atom stereocenters. The number of aryl methyl sites for hydroxylation is 1. The van der Waals surface area contributed by atoms with Crippen molar-refractivity contribution in [3.8, 4) is 10.6 Å². The number of carbonyl (C=O) groups excluding carboxylic acids is 1. The topological polar surface area (TPSA) is 85.6 Å². The lowest BCUT2D eigenvalue weighted by molar-refractivity contribution is 0.102. The molecule has 0 saturated carbocycles. The number of nitrogens with one attached hydrogen (secondary N) is 1. The summed E-state index contributed by atoms with van der Waals surface area (Å²) in [4.78, 5) is 12.4. The Morgan fingerprint density at radius 3 is 2.96 bits per heavy atom. The van der Waals surface area contributed by atoms with Crippen molar-refractivity contribution < 1.29 is 4.79 Å². The van der Waals surface area contributed by atoms with Gasteiger partial charge in [-0.25, -0.2) is 4.68 Å². The van der Waals surface area contributed by atoms with Gasteiger partial charge in [0.1, 0.15) is 10.5 Å². The molecule has 0 aliphatic heterocycles. The second-order valence-electron chi connectivity index (χ2n) is 4.99. The van der Waals surface area contributed by atoms with Gasteiger partial charge in [0.05, 0.1) is 5.52 Å². The molecule has 0 radical (unpaired) electrons. The monoisotopic (exact) mass is 356 g/mol. The number of carbonyl (C=O) groups is 1. The lowest BCUT2D eigenvalue weighted by Gasteiger charge is -2.01. The van der Waals surface area contributed by atoms with E-state index < -0.39 is 0 Å². The maximum atomic E-state index is 12.4. The minimum atomic E-state index is -0.240. The number of anilines is 1. The Morgan fingerprint density at radius 2 is 2.17 bits per heavy atom. The zero-order valence-electron chi connectivity index (χ0n) is 12.6. The summed E-state index contributed by atoms with van der Waals surface area (Å²) in [6, 6.07) is 7.31. The summed E-state index contributed by atoms with van der Waals surface area (Å²) in [6.07, 6.45) is 0. The minimum absolute atomic E-state index is 0.240. The van der Waals surface area contributed by atoms with Crippen LogP contribution in [-0.4, -0.2) is 31.1 Å². The Balaban J connectivity index is 1.56. The van der Waals surface area contributed by atoms with Crippen LogP contribution >= 0.6 is 22.7 Å². The summed E-state index contributed by atoms with van der Waals surface area (Å²) in [5.41, 5.74) is 3.12. The van der Waals surface area contributed by atoms with Crippen LogP contribution in [0, 0.1) is 0 Å². The van der Waals surface area contributed by atoms with Gasteiger partial charge >= 0.3 is 0 Å². The van der Waals surface area contributed by atoms with Crippen LogP contribution < -0.4 is 5.32 Å². The van der Waals surface area contributed by atoms with Gasteiger partial charge in [-0.1, -0.05) is 16.6 Å². The SMILES string of the molecule is CCn1nnc2cc(C(=O)Nc3nnc(-c4ccsc4)s3)ccc21. The minimum Gasteiger partial charge on any atom is -0.296 e. The molecule has 0 spiro atoms. The second kappa shape index (κ2) is 6.10. The highest BCUT2D eigenvalue weighted by Crippen LogP contribution is 2.28. The molecule has 0 bridgehead atoms. The zero-order valence-corrected chi connectivity index (χ0v) is 14.3. The third kappa shape index (κ3) is 2.68. The highest BCUT2D eigenvalue weighted by Gasteiger charge is 2.13. The number of fused-ring (bicyclic) bond motifs is 1. The Bertz CT molecular complexity index is 1000. The summed E-state index contributed by atoms with van der Waals surface area (Å²) in [7, 11) is 0. The third-order valence-electron chi connectivity index (χ3n) is 3.49. The van der Waals surface area contributed by atoms with E-state index >= 15 is 0 Å². The number of hydrogen-bond acceptors (Lipinski definition) is 7. The molecule has 0 aliphatic carbocycles. The molecular weight excluding hydrogens is 344 g/mol. The number of nitrogens with zero attached hydrogens (tertiary/aromatic N) is 5. The maximum absolute atomic E-state index is 12.4. The van der Waals surface area contributed by atoms with E-state index in [0.29, 0.717) is 16.2 Å². The highest BCUT2D eigenvalue weighted by molar-refractivity contribution is 7.19. The largest absolute Gasteiger partial charge is 0.296 e. The molecule has 9 heteroatoms. The maximum Gasteiger partial charge on any atom is 0.257 e. The average Bonchev–Trinajstić information content (AvgIpc) is 3.34. The first-order chi connectivity index (χ1) is 11.7. The van der Waals surface area contributed by atoms with Gasteiger partial charge in [-0.2, -0.15) is 11.3 Å². The van der Waals surface area contributed by atoms with Crippen LogP contribution in [0.1, 0.15) is 17.3 Å². The van der Waals surface area contributed by atoms with Crippen molar-refractivity contribution >= 4 is 44.7 Å². The van der Waals surface area contributed by atoms with Crippen molar-refractivity contribution in [2.45, 2.75) is 13.5 Å². The Morgan fingerprint density at radius 1 is 1.25 bits per heavy atom. The van der Waals surface area contributed by atoms with Gasteiger partial charge in [0, 0.05) is 23.1 Å². The van der Waals surface area contributed by atoms with Crippen molar-refractivity contribution in [1.82, 2.24) is 25.2 Å². The smallest absolute Gasteiger partial charge is 0.257 e. The van der Waals surface area contributed by atoms with Gasteiger partial charge in [0.15, 0.2) is 0 Å². The second-order valence-corrected chi connectivity index (χ2v) is 6.74. The van der Waals surface area contributed by atoms with E-state index in [-0.39, 0.29) is 5.91 Å². The third-order valence-corrected chi connectivity index (χ3v) is 5.06. The number of benzene rings is 1. The average molecular weight is 356 g/mol. The van der Waals surface area contributed by atoms with E-state index in [0.717, 1.165) is 22.6 Å². The summed E-state index contributed by atoms with van der Waals surface area (Å²) < 4.78 is 1.79. The van der Waals surface area contributed by atoms with Crippen LogP contribution in [0.5, 0.6) is 0 Å². The molecule has 0 saturated heterocycles. The predicted molar refractivity (Wildman–Crippen MR) is 94.4 cm³/mol. The summed E-state index contributed by atoms with van der Waals surface area (Å²) in [5, 5.41) is 24.3. The molecule has 7 nitrogen and oxygen atoms in total. The molecule has 1 amide bonds. The van der Waals surface area contributed by atoms with Gasteiger partial charge in [-0.3, -0.25) is 10.1 Å². The van der Waals surface area contributed by atoms with E-state index in [2.05, 4.69) is 25.8 Å². The molecular formula is C15H12N6OS2. The van der Waals surface area contributed by atoms with E-state index in [1.807, 2.05) is 29.8 Å². The molecule has 120 valence electrons. The molecule has 4 aromatic rings. The molecule has 1 aromatic carbocycles. The van der Waals surface area contributed by atoms with Crippen LogP contribution in [-0.2, 0) is 6.54 Å². The summed E-state index contributed by atoms with van der Waals surface area (Å²) in [5.74, 6) is -0.240. The van der Waals surface area contributed by atoms with E-state index in [4.69, 9.17) is 0 Å². The van der Waals surface area contributed by atoms with E-state index in [1.54, 1.807) is 28.2 Å². The molecule has 4 rings (SSSR count). The van der Waals surface area contributed by atoms with Crippen LogP contribution in [0.15, 0.2) is 35.0 Å². The van der Waals surface area contributed by atoms with Gasteiger partial charge in [0.25, 0.3) is 5.91 Å². The van der Waals surface area contributed by atoms with Gasteiger partial charge < -0.3 is 0 Å². The van der Waals surface area contributed by atoms with Crippen molar-refractivity contribution in [2.24, 2.45) is 0 Å². The lowest BCUT2D eigenvalue weighted by Crippen LogP contribution is -2.11. The highest BCUT2D eigenvalue weighted by atomic mass is 32.1. The van der Waals surface area contributed by atoms with E-state index in [1.165, 1.54) is 11.3 Å². The van der Waals surface area contributed by atoms with Crippen molar-refractivity contribution in [3.05, 3.63) is 40.6 Å². The van der Waals surface area contributed by atoms with Crippen LogP contribution in [0.4, 0.5) is 5.13 Å². The molecule has 24 heavy (non-hydrogen) atoms. The van der Waals surface area contributed by atoms with Gasteiger partial charge in [0.2, 0.25) is 5.13 Å². The predicted octanol–water partition coefficient (Wildman–Crippen LogP) is 3.28. The lowest BCUT2D eigenvalue weighted by atomic mass is 10.2. The molecule has 0 aliphatic rings. The first-order valence-corrected chi connectivity index (χ1v) is 9.01. The molecule has 3 heterocycles. The fourth-order valence-electron chi connectivity index (χ4n) is 2.29. The van der Waals surface area contributed by atoms with Gasteiger partial charge in [-0.05, 0) is 36.6 Å². The van der Waals surface area contributed by atoms with Crippen molar-refractivity contribution in [1.29, 1.82) is 0 Å². The Labute approximate surface area is 145 Å². The quantitative estimate of drug-likeness (QED) is 0.606. The number of hydrogen-bond donors (Lipinski definition) is 1. The number of rotatable bonds is 4. The van der Waals surface area contributed by atoms with Gasteiger partial charge in [-0.15, -0.1) is 15.3 Å². The fraction of sp³-hybridized carbons (Fsp3) is 0.133. The first-order valence-electron chi connectivity index (χ1n) is 7.25. The van der Waals surface area contributed by atoms with Crippen LogP contribution in [0.25, 0.3) is 21.6 Å². The Kier molecular flexibility index (Phi) is 3.79. The number of thiophene rings is 1. The normalized spacial score (nSPS) is 11.0. The summed E-state index contributed by atoms with van der Waals surface area (Å²) in [6.45, 7) is 2.73. The number of aromatic nitrogens is 5. The number of amides is 1. The Hall–Kier alpha value is -2.65. The first kappa shape index (κ1) is 14.9. The zero-order chi connectivity index (χ0) is 16.5. The fourth-order valence-corrected chi connectivity index (χ4v) is 3.74. The van der Waals surface area contributed by atoms with Crippen LogP contribution in [0.2, 0.25) is 0 Å². The summed E-state index contributed by atoms with van der Waals surface area (Å²) >= 11 is 2.94. The molecule has 0 fully saturated rings. The van der Waals surface area contributed by atoms with Crippen molar-refractivity contribution in [2.75, 3.05) is 5.32 Å². The standard InChI is InChI=1S/C15H12N6OS2/c1-2-21-12-4-3-9(7-11(12)17-20-21)13(22)16-15-19-18-14(24-15)10-5-6-23-8-10/h3-8H,2H2,1H3,(H,16,19,22).